The van der Waals surface area contributed by atoms with Gasteiger partial charge in [0, 0.05) is 10.5 Å². The van der Waals surface area contributed by atoms with E-state index in [1.54, 1.807) is 66.4 Å². The van der Waals surface area contributed by atoms with Gasteiger partial charge < -0.3 is 14.8 Å². The fourth-order valence-corrected chi connectivity index (χ4v) is 3.26. The minimum Gasteiger partial charge on any atom is -0.492 e. The van der Waals surface area contributed by atoms with E-state index in [9.17, 15) is 9.59 Å². The van der Waals surface area contributed by atoms with E-state index in [2.05, 4.69) is 5.32 Å². The summed E-state index contributed by atoms with van der Waals surface area (Å²) >= 11 is 1.58. The average molecular weight is 422 g/mol. The Morgan fingerprint density at radius 2 is 1.60 bits per heavy atom. The van der Waals surface area contributed by atoms with Crippen molar-refractivity contribution in [2.24, 2.45) is 0 Å². The van der Waals surface area contributed by atoms with Crippen LogP contribution in [0.2, 0.25) is 0 Å². The fourth-order valence-electron chi connectivity index (χ4n) is 2.85. The van der Waals surface area contributed by atoms with Gasteiger partial charge in [0.2, 0.25) is 6.10 Å². The molecule has 0 aromatic heterocycles. The number of ether oxygens (including phenoxy) is 2. The van der Waals surface area contributed by atoms with E-state index in [-0.39, 0.29) is 0 Å². The average Bonchev–Trinajstić information content (AvgIpc) is 2.79. The van der Waals surface area contributed by atoms with E-state index < -0.39 is 18.0 Å². The van der Waals surface area contributed by atoms with Gasteiger partial charge >= 0.3 is 5.97 Å². The molecule has 0 unspecified atom stereocenters. The van der Waals surface area contributed by atoms with Crippen molar-refractivity contribution in [3.05, 3.63) is 90.0 Å². The summed E-state index contributed by atoms with van der Waals surface area (Å²) in [6.45, 7) is 2.34. The number of hydrogen-bond acceptors (Lipinski definition) is 5. The SMILES string of the molecule is CCOc1ccccc1NC(=O)[C@@H](OC(=O)c1ccc(SC)cc1)c1ccccc1. The molecule has 0 spiro atoms. The zero-order valence-corrected chi connectivity index (χ0v) is 17.6. The number of esters is 1. The summed E-state index contributed by atoms with van der Waals surface area (Å²) in [4.78, 5) is 26.8. The Balaban J connectivity index is 1.84. The van der Waals surface area contributed by atoms with Crippen LogP contribution in [-0.2, 0) is 9.53 Å². The van der Waals surface area contributed by atoms with E-state index in [0.717, 1.165) is 4.90 Å². The Bertz CT molecular complexity index is 990. The van der Waals surface area contributed by atoms with Gasteiger partial charge in [-0.25, -0.2) is 4.79 Å². The van der Waals surface area contributed by atoms with Crippen LogP contribution in [0, 0.1) is 0 Å². The Labute approximate surface area is 180 Å². The second-order valence-corrected chi connectivity index (χ2v) is 7.22. The number of amides is 1. The van der Waals surface area contributed by atoms with Gasteiger partial charge in [0.25, 0.3) is 5.91 Å². The highest BCUT2D eigenvalue weighted by molar-refractivity contribution is 7.98. The zero-order valence-electron chi connectivity index (χ0n) is 16.8. The van der Waals surface area contributed by atoms with Crippen LogP contribution in [0.25, 0.3) is 0 Å². The van der Waals surface area contributed by atoms with Crippen molar-refractivity contribution in [3.63, 3.8) is 0 Å². The number of para-hydroxylation sites is 2. The minimum atomic E-state index is -1.10. The van der Waals surface area contributed by atoms with Crippen LogP contribution < -0.4 is 10.1 Å². The topological polar surface area (TPSA) is 64.6 Å². The van der Waals surface area contributed by atoms with E-state index in [4.69, 9.17) is 9.47 Å². The van der Waals surface area contributed by atoms with Crippen LogP contribution in [0.15, 0.2) is 83.8 Å². The Kier molecular flexibility index (Phi) is 7.51. The second kappa shape index (κ2) is 10.5. The number of benzene rings is 3. The minimum absolute atomic E-state index is 0.385. The molecule has 30 heavy (non-hydrogen) atoms. The molecule has 0 saturated carbocycles. The van der Waals surface area contributed by atoms with E-state index in [1.807, 2.05) is 37.4 Å². The first-order valence-corrected chi connectivity index (χ1v) is 10.8. The molecule has 0 aliphatic heterocycles. The number of thioether (sulfide) groups is 1. The van der Waals surface area contributed by atoms with Gasteiger partial charge in [-0.05, 0) is 49.6 Å². The van der Waals surface area contributed by atoms with Gasteiger partial charge in [-0.3, -0.25) is 4.79 Å². The van der Waals surface area contributed by atoms with Crippen molar-refractivity contribution < 1.29 is 19.1 Å². The standard InChI is InChI=1S/C24H23NO4S/c1-3-28-21-12-8-7-11-20(21)25-23(26)22(17-9-5-4-6-10-17)29-24(27)18-13-15-19(30-2)16-14-18/h4-16,22H,3H2,1-2H3,(H,25,26)/t22-/m0/s1. The number of hydrogen-bond donors (Lipinski definition) is 1. The summed E-state index contributed by atoms with van der Waals surface area (Å²) in [5, 5.41) is 2.82. The molecule has 0 fully saturated rings. The molecule has 1 amide bonds. The summed E-state index contributed by atoms with van der Waals surface area (Å²) in [6, 6.07) is 23.2. The van der Waals surface area contributed by atoms with Crippen LogP contribution >= 0.6 is 11.8 Å². The highest BCUT2D eigenvalue weighted by atomic mass is 32.2. The first-order valence-electron chi connectivity index (χ1n) is 9.55. The first-order chi connectivity index (χ1) is 14.6. The number of carbonyl (C=O) groups is 2. The highest BCUT2D eigenvalue weighted by Crippen LogP contribution is 2.27. The van der Waals surface area contributed by atoms with Crippen LogP contribution in [0.5, 0.6) is 5.75 Å². The van der Waals surface area contributed by atoms with E-state index in [1.165, 1.54) is 0 Å². The van der Waals surface area contributed by atoms with E-state index in [0.29, 0.717) is 29.2 Å². The van der Waals surface area contributed by atoms with Gasteiger partial charge in [0.05, 0.1) is 17.9 Å². The summed E-state index contributed by atoms with van der Waals surface area (Å²) in [5.74, 6) is -0.466. The number of anilines is 1. The molecule has 3 rings (SSSR count). The molecule has 0 aliphatic carbocycles. The summed E-state index contributed by atoms with van der Waals surface area (Å²) in [6.07, 6.45) is 0.858. The predicted molar refractivity (Wildman–Crippen MR) is 119 cm³/mol. The molecule has 1 N–H and O–H groups in total. The van der Waals surface area contributed by atoms with Crippen molar-refractivity contribution in [2.45, 2.75) is 17.9 Å². The van der Waals surface area contributed by atoms with Gasteiger partial charge in [-0.1, -0.05) is 42.5 Å². The van der Waals surface area contributed by atoms with Gasteiger partial charge in [-0.2, -0.15) is 0 Å². The largest absolute Gasteiger partial charge is 0.492 e. The highest BCUT2D eigenvalue weighted by Gasteiger charge is 2.26. The lowest BCUT2D eigenvalue weighted by atomic mass is 10.1. The molecule has 154 valence electrons. The molecular weight excluding hydrogens is 398 g/mol. The van der Waals surface area contributed by atoms with Crippen LogP contribution in [0.4, 0.5) is 5.69 Å². The maximum atomic E-state index is 13.1. The lowest BCUT2D eigenvalue weighted by Crippen LogP contribution is -2.26. The zero-order chi connectivity index (χ0) is 21.3. The van der Waals surface area contributed by atoms with Gasteiger partial charge in [0.1, 0.15) is 5.75 Å². The van der Waals surface area contributed by atoms with Crippen molar-refractivity contribution in [1.29, 1.82) is 0 Å². The Morgan fingerprint density at radius 3 is 2.27 bits per heavy atom. The predicted octanol–water partition coefficient (Wildman–Crippen LogP) is 5.34. The first kappa shape index (κ1) is 21.5. The van der Waals surface area contributed by atoms with Crippen molar-refractivity contribution in [3.8, 4) is 5.75 Å². The molecule has 0 aliphatic rings. The molecule has 0 bridgehead atoms. The third-order valence-electron chi connectivity index (χ3n) is 4.34. The number of nitrogens with one attached hydrogen (secondary N) is 1. The summed E-state index contributed by atoms with van der Waals surface area (Å²) in [5.41, 5.74) is 1.49. The summed E-state index contributed by atoms with van der Waals surface area (Å²) < 4.78 is 11.2. The fraction of sp³-hybridized carbons (Fsp3) is 0.167. The van der Waals surface area contributed by atoms with Crippen LogP contribution in [0.1, 0.15) is 28.9 Å². The monoisotopic (exact) mass is 421 g/mol. The normalized spacial score (nSPS) is 11.4. The van der Waals surface area contributed by atoms with Crippen molar-refractivity contribution in [1.82, 2.24) is 0 Å². The molecule has 0 radical (unpaired) electrons. The van der Waals surface area contributed by atoms with Gasteiger partial charge in [-0.15, -0.1) is 11.8 Å². The molecule has 1 atom stereocenters. The van der Waals surface area contributed by atoms with Crippen molar-refractivity contribution in [2.75, 3.05) is 18.2 Å². The lowest BCUT2D eigenvalue weighted by molar-refractivity contribution is -0.125. The number of rotatable bonds is 8. The van der Waals surface area contributed by atoms with Gasteiger partial charge in [0.15, 0.2) is 0 Å². The lowest BCUT2D eigenvalue weighted by Gasteiger charge is -2.19. The third-order valence-corrected chi connectivity index (χ3v) is 5.08. The molecule has 5 nitrogen and oxygen atoms in total. The smallest absolute Gasteiger partial charge is 0.339 e. The molecular formula is C24H23NO4S. The molecule has 0 heterocycles. The molecule has 3 aromatic carbocycles. The maximum Gasteiger partial charge on any atom is 0.339 e. The van der Waals surface area contributed by atoms with E-state index >= 15 is 0 Å². The molecule has 0 saturated heterocycles. The van der Waals surface area contributed by atoms with Crippen LogP contribution in [0.3, 0.4) is 0 Å². The number of carbonyl (C=O) groups excluding carboxylic acids is 2. The Hall–Kier alpha value is -3.25. The Morgan fingerprint density at radius 1 is 0.933 bits per heavy atom. The third kappa shape index (κ3) is 5.42. The summed E-state index contributed by atoms with van der Waals surface area (Å²) in [7, 11) is 0. The maximum absolute atomic E-state index is 13.1. The molecule has 6 heteroatoms. The second-order valence-electron chi connectivity index (χ2n) is 6.34. The van der Waals surface area contributed by atoms with Crippen LogP contribution in [-0.4, -0.2) is 24.7 Å². The van der Waals surface area contributed by atoms with Crippen molar-refractivity contribution >= 4 is 29.3 Å². The molecule has 3 aromatic rings. The quantitative estimate of drug-likeness (QED) is 0.393.